The molecule has 5 nitrogen and oxygen atoms in total. The molecule has 2 amide bonds. The molecule has 2 aliphatic heterocycles. The third-order valence-corrected chi connectivity index (χ3v) is 5.51. The molecule has 1 unspecified atom stereocenters. The zero-order valence-corrected chi connectivity index (χ0v) is 15.6. The van der Waals surface area contributed by atoms with E-state index in [4.69, 9.17) is 0 Å². The Morgan fingerprint density at radius 3 is 2.67 bits per heavy atom. The second-order valence-electron chi connectivity index (χ2n) is 7.52. The lowest BCUT2D eigenvalue weighted by molar-refractivity contribution is 0.0842. The van der Waals surface area contributed by atoms with Gasteiger partial charge in [0.15, 0.2) is 0 Å². The summed E-state index contributed by atoms with van der Waals surface area (Å²) in [5.74, 6) is 0. The number of carbonyl (C=O) groups excluding carboxylic acids is 1. The first kappa shape index (κ1) is 17.9. The Balaban J connectivity index is 1.30. The number of hydrogen-bond donors (Lipinski definition) is 2. The first-order valence-electron chi connectivity index (χ1n) is 9.80. The molecule has 4 rings (SSSR count). The highest BCUT2D eigenvalue weighted by molar-refractivity contribution is 5.74. The van der Waals surface area contributed by atoms with Crippen molar-refractivity contribution in [3.8, 4) is 0 Å². The molecule has 1 atom stereocenters. The van der Waals surface area contributed by atoms with E-state index >= 15 is 0 Å². The lowest BCUT2D eigenvalue weighted by atomic mass is 10.1. The van der Waals surface area contributed by atoms with Crippen LogP contribution in [-0.4, -0.2) is 41.8 Å². The second-order valence-corrected chi connectivity index (χ2v) is 7.52. The molecule has 1 saturated heterocycles. The van der Waals surface area contributed by atoms with Crippen LogP contribution < -0.4 is 10.2 Å². The first-order chi connectivity index (χ1) is 13.2. The smallest absolute Gasteiger partial charge is 0.317 e. The average Bonchev–Trinajstić information content (AvgIpc) is 3.10. The van der Waals surface area contributed by atoms with Crippen LogP contribution in [0.15, 0.2) is 48.5 Å². The molecule has 2 aromatic carbocycles. The van der Waals surface area contributed by atoms with Crippen LogP contribution in [0.3, 0.4) is 0 Å². The zero-order chi connectivity index (χ0) is 18.6. The van der Waals surface area contributed by atoms with Crippen LogP contribution in [-0.2, 0) is 19.5 Å². The highest BCUT2D eigenvalue weighted by Gasteiger charge is 2.21. The van der Waals surface area contributed by atoms with E-state index in [0.717, 1.165) is 44.5 Å². The Morgan fingerprint density at radius 2 is 1.85 bits per heavy atom. The highest BCUT2D eigenvalue weighted by Crippen LogP contribution is 2.28. The van der Waals surface area contributed by atoms with E-state index in [0.29, 0.717) is 13.1 Å². The van der Waals surface area contributed by atoms with Crippen LogP contribution in [0.5, 0.6) is 0 Å². The van der Waals surface area contributed by atoms with Crippen LogP contribution in [0.1, 0.15) is 29.5 Å². The number of aliphatic hydroxyl groups is 1. The van der Waals surface area contributed by atoms with Crippen molar-refractivity contribution in [2.75, 3.05) is 24.5 Å². The van der Waals surface area contributed by atoms with Crippen LogP contribution >= 0.6 is 0 Å². The number of para-hydroxylation sites is 1. The fraction of sp³-hybridized carbons (Fsp3) is 0.409. The number of aliphatic hydroxyl groups excluding tert-OH is 1. The van der Waals surface area contributed by atoms with Crippen molar-refractivity contribution in [1.29, 1.82) is 0 Å². The van der Waals surface area contributed by atoms with Crippen LogP contribution in [0.4, 0.5) is 10.5 Å². The minimum Gasteiger partial charge on any atom is -0.391 e. The Bertz CT molecular complexity index is 790. The largest absolute Gasteiger partial charge is 0.391 e. The molecule has 2 aromatic rings. The number of piperidine rings is 1. The topological polar surface area (TPSA) is 55.8 Å². The number of anilines is 1. The lowest BCUT2D eigenvalue weighted by Gasteiger charge is -2.30. The Kier molecular flexibility index (Phi) is 5.30. The number of likely N-dealkylation sites (tertiary alicyclic amines) is 1. The molecule has 5 heteroatoms. The van der Waals surface area contributed by atoms with Crippen molar-refractivity contribution in [3.63, 3.8) is 0 Å². The minimum atomic E-state index is -0.389. The average molecular weight is 365 g/mol. The van der Waals surface area contributed by atoms with E-state index < -0.39 is 0 Å². The van der Waals surface area contributed by atoms with Crippen molar-refractivity contribution in [3.05, 3.63) is 65.2 Å². The molecule has 2 aliphatic rings. The van der Waals surface area contributed by atoms with Gasteiger partial charge in [-0.2, -0.15) is 0 Å². The van der Waals surface area contributed by atoms with E-state index in [9.17, 15) is 9.90 Å². The third-order valence-electron chi connectivity index (χ3n) is 5.51. The van der Waals surface area contributed by atoms with Gasteiger partial charge in [0.1, 0.15) is 0 Å². The Hall–Kier alpha value is -2.53. The zero-order valence-electron chi connectivity index (χ0n) is 15.6. The minimum absolute atomic E-state index is 0.0912. The number of hydrogen-bond acceptors (Lipinski definition) is 3. The summed E-state index contributed by atoms with van der Waals surface area (Å²) in [7, 11) is 0. The number of nitrogens with one attached hydrogen (secondary N) is 1. The van der Waals surface area contributed by atoms with Gasteiger partial charge in [-0.25, -0.2) is 4.79 Å². The summed E-state index contributed by atoms with van der Waals surface area (Å²) in [5, 5.41) is 12.7. The van der Waals surface area contributed by atoms with Crippen molar-refractivity contribution < 1.29 is 9.90 Å². The van der Waals surface area contributed by atoms with Crippen LogP contribution in [0.2, 0.25) is 0 Å². The molecule has 27 heavy (non-hydrogen) atoms. The number of carbonyl (C=O) groups is 1. The molecule has 0 radical (unpaired) electrons. The van der Waals surface area contributed by atoms with E-state index in [2.05, 4.69) is 58.7 Å². The summed E-state index contributed by atoms with van der Waals surface area (Å²) in [5.41, 5.74) is 5.14. The maximum atomic E-state index is 12.2. The quantitative estimate of drug-likeness (QED) is 0.876. The number of rotatable bonds is 4. The van der Waals surface area contributed by atoms with E-state index in [1.165, 1.54) is 16.8 Å². The Morgan fingerprint density at radius 1 is 1.07 bits per heavy atom. The Labute approximate surface area is 160 Å². The predicted molar refractivity (Wildman–Crippen MR) is 107 cm³/mol. The standard InChI is InChI=1S/C22H27N3O2/c26-20-5-3-12-25(16-20)22(27)23-14-17-7-9-18(10-8-17)15-24-13-11-19-4-1-2-6-21(19)24/h1-2,4,6-10,20,26H,3,5,11-16H2,(H,23,27). The third kappa shape index (κ3) is 4.25. The molecule has 0 bridgehead atoms. The van der Waals surface area contributed by atoms with Crippen molar-refractivity contribution in [2.45, 2.75) is 38.5 Å². The van der Waals surface area contributed by atoms with Gasteiger partial charge in [-0.1, -0.05) is 42.5 Å². The lowest BCUT2D eigenvalue weighted by Crippen LogP contribution is -2.46. The number of benzene rings is 2. The number of amides is 2. The normalized spacial score (nSPS) is 19.1. The number of urea groups is 1. The van der Waals surface area contributed by atoms with Crippen molar-refractivity contribution in [2.24, 2.45) is 0 Å². The fourth-order valence-corrected chi connectivity index (χ4v) is 3.98. The van der Waals surface area contributed by atoms with E-state index in [1.807, 2.05) is 0 Å². The van der Waals surface area contributed by atoms with Crippen LogP contribution in [0, 0.1) is 0 Å². The summed E-state index contributed by atoms with van der Waals surface area (Å²) >= 11 is 0. The SMILES string of the molecule is O=C(NCc1ccc(CN2CCc3ccccc32)cc1)N1CCCC(O)C1. The molecule has 0 aromatic heterocycles. The van der Waals surface area contributed by atoms with Crippen LogP contribution in [0.25, 0.3) is 0 Å². The summed E-state index contributed by atoms with van der Waals surface area (Å²) < 4.78 is 0. The molecular formula is C22H27N3O2. The summed E-state index contributed by atoms with van der Waals surface area (Å²) in [4.78, 5) is 16.4. The number of fused-ring (bicyclic) bond motifs is 1. The van der Waals surface area contributed by atoms with Gasteiger partial charge in [-0.3, -0.25) is 0 Å². The molecule has 0 spiro atoms. The van der Waals surface area contributed by atoms with Gasteiger partial charge in [0.25, 0.3) is 0 Å². The van der Waals surface area contributed by atoms with Gasteiger partial charge in [0.05, 0.1) is 6.10 Å². The van der Waals surface area contributed by atoms with Gasteiger partial charge in [-0.15, -0.1) is 0 Å². The summed E-state index contributed by atoms with van der Waals surface area (Å²) in [6.07, 6.45) is 2.38. The van der Waals surface area contributed by atoms with Gasteiger partial charge < -0.3 is 20.2 Å². The van der Waals surface area contributed by atoms with Gasteiger partial charge in [-0.05, 0) is 42.0 Å². The summed E-state index contributed by atoms with van der Waals surface area (Å²) in [6.45, 7) is 3.65. The van der Waals surface area contributed by atoms with E-state index in [-0.39, 0.29) is 12.1 Å². The maximum absolute atomic E-state index is 12.2. The molecule has 2 N–H and O–H groups in total. The monoisotopic (exact) mass is 365 g/mol. The van der Waals surface area contributed by atoms with E-state index in [1.54, 1.807) is 4.90 Å². The molecular weight excluding hydrogens is 338 g/mol. The molecule has 142 valence electrons. The van der Waals surface area contributed by atoms with Crippen molar-refractivity contribution in [1.82, 2.24) is 10.2 Å². The molecule has 2 heterocycles. The highest BCUT2D eigenvalue weighted by atomic mass is 16.3. The predicted octanol–water partition coefficient (Wildman–Crippen LogP) is 2.92. The second kappa shape index (κ2) is 8.01. The molecule has 1 fully saturated rings. The first-order valence-corrected chi connectivity index (χ1v) is 9.80. The van der Waals surface area contributed by atoms with Crippen molar-refractivity contribution >= 4 is 11.7 Å². The van der Waals surface area contributed by atoms with Gasteiger partial charge in [0, 0.05) is 38.4 Å². The molecule has 0 saturated carbocycles. The maximum Gasteiger partial charge on any atom is 0.317 e. The number of β-amino-alcohol motifs (C(OH)–C–C–N with tert-alkyl or cyclic N) is 1. The molecule has 0 aliphatic carbocycles. The van der Waals surface area contributed by atoms with Gasteiger partial charge >= 0.3 is 6.03 Å². The fourth-order valence-electron chi connectivity index (χ4n) is 3.98. The van der Waals surface area contributed by atoms with Gasteiger partial charge in [0.2, 0.25) is 0 Å². The summed E-state index contributed by atoms with van der Waals surface area (Å²) in [6, 6.07) is 17.0. The number of nitrogens with zero attached hydrogens (tertiary/aromatic N) is 2.